The molecule has 1 aromatic rings. The van der Waals surface area contributed by atoms with Crippen molar-refractivity contribution in [1.82, 2.24) is 0 Å². The molecule has 0 aromatic heterocycles. The maximum atomic E-state index is 12.0. The molecule has 1 aromatic carbocycles. The zero-order valence-corrected chi connectivity index (χ0v) is 11.4. The molecule has 1 atom stereocenters. The second-order valence-electron chi connectivity index (χ2n) is 4.95. The summed E-state index contributed by atoms with van der Waals surface area (Å²) in [6, 6.07) is 5.08. The summed E-state index contributed by atoms with van der Waals surface area (Å²) in [6.07, 6.45) is 0.140. The number of methoxy groups -OCH3 is 1. The number of nitrogens with one attached hydrogen (secondary N) is 1. The zero-order chi connectivity index (χ0) is 15.0. The molecule has 0 aliphatic carbocycles. The van der Waals surface area contributed by atoms with Crippen molar-refractivity contribution < 1.29 is 23.9 Å². The van der Waals surface area contributed by atoms with Crippen molar-refractivity contribution in [3.8, 4) is 5.75 Å². The first-order valence-electron chi connectivity index (χ1n) is 6.53. The average Bonchev–Trinajstić information content (AvgIpc) is 2.88. The molecule has 1 fully saturated rings. The molecule has 7 nitrogen and oxygen atoms in total. The van der Waals surface area contributed by atoms with Crippen LogP contribution in [0.25, 0.3) is 0 Å². The van der Waals surface area contributed by atoms with Gasteiger partial charge in [-0.3, -0.25) is 14.4 Å². The van der Waals surface area contributed by atoms with E-state index in [1.54, 1.807) is 18.2 Å². The summed E-state index contributed by atoms with van der Waals surface area (Å²) in [4.78, 5) is 36.3. The molecule has 2 aliphatic rings. The Morgan fingerprint density at radius 3 is 3.00 bits per heavy atom. The summed E-state index contributed by atoms with van der Waals surface area (Å²) in [5, 5.41) is 2.68. The summed E-state index contributed by atoms with van der Waals surface area (Å²) < 4.78 is 10.0. The first-order chi connectivity index (χ1) is 10.1. The fourth-order valence-electron chi connectivity index (χ4n) is 2.51. The summed E-state index contributed by atoms with van der Waals surface area (Å²) >= 11 is 0. The third-order valence-electron chi connectivity index (χ3n) is 3.57. The first kappa shape index (κ1) is 13.4. The van der Waals surface area contributed by atoms with Crippen molar-refractivity contribution in [1.29, 1.82) is 0 Å². The van der Waals surface area contributed by atoms with Gasteiger partial charge in [-0.2, -0.15) is 0 Å². The van der Waals surface area contributed by atoms with Gasteiger partial charge in [-0.05, 0) is 12.1 Å². The van der Waals surface area contributed by atoms with E-state index in [4.69, 9.17) is 4.74 Å². The SMILES string of the molecule is COC(=O)C1CC(=O)N(c2ccc3c(c2)OCC(=O)N3)C1. The number of nitrogens with zero attached hydrogens (tertiary/aromatic N) is 1. The van der Waals surface area contributed by atoms with Crippen LogP contribution in [0, 0.1) is 5.92 Å². The number of ether oxygens (including phenoxy) is 2. The lowest BCUT2D eigenvalue weighted by Gasteiger charge is -2.22. The molecule has 110 valence electrons. The standard InChI is InChI=1S/C14H14N2O5/c1-20-14(19)8-4-13(18)16(6-8)9-2-3-10-11(5-9)21-7-12(17)15-10/h2-3,5,8H,4,6-7H2,1H3,(H,15,17). The van der Waals surface area contributed by atoms with Crippen LogP contribution in [0.1, 0.15) is 6.42 Å². The lowest BCUT2D eigenvalue weighted by Crippen LogP contribution is -2.28. The van der Waals surface area contributed by atoms with Gasteiger partial charge in [0.2, 0.25) is 5.91 Å². The van der Waals surface area contributed by atoms with Crippen LogP contribution in [0.15, 0.2) is 18.2 Å². The number of hydrogen-bond acceptors (Lipinski definition) is 5. The Bertz CT molecular complexity index is 628. The van der Waals surface area contributed by atoms with Crippen molar-refractivity contribution in [3.05, 3.63) is 18.2 Å². The number of amides is 2. The van der Waals surface area contributed by atoms with Crippen LogP contribution in [0.2, 0.25) is 0 Å². The molecule has 2 amide bonds. The predicted octanol–water partition coefficient (Wildman–Crippen LogP) is 0.543. The Hall–Kier alpha value is -2.57. The van der Waals surface area contributed by atoms with Crippen molar-refractivity contribution in [3.63, 3.8) is 0 Å². The van der Waals surface area contributed by atoms with Crippen LogP contribution in [0.5, 0.6) is 5.75 Å². The molecule has 2 heterocycles. The Morgan fingerprint density at radius 1 is 1.43 bits per heavy atom. The molecule has 0 radical (unpaired) electrons. The third kappa shape index (κ3) is 2.42. The van der Waals surface area contributed by atoms with E-state index in [1.807, 2.05) is 0 Å². The molecular formula is C14H14N2O5. The van der Waals surface area contributed by atoms with Gasteiger partial charge in [0.25, 0.3) is 5.91 Å². The molecule has 21 heavy (non-hydrogen) atoms. The molecule has 1 unspecified atom stereocenters. The molecule has 1 saturated heterocycles. The molecular weight excluding hydrogens is 276 g/mol. The Balaban J connectivity index is 1.83. The van der Waals surface area contributed by atoms with Gasteiger partial charge in [-0.15, -0.1) is 0 Å². The fourth-order valence-corrected chi connectivity index (χ4v) is 2.51. The van der Waals surface area contributed by atoms with Gasteiger partial charge in [-0.1, -0.05) is 0 Å². The smallest absolute Gasteiger partial charge is 0.311 e. The number of esters is 1. The van der Waals surface area contributed by atoms with Crippen LogP contribution in [-0.4, -0.2) is 38.0 Å². The van der Waals surface area contributed by atoms with Crippen LogP contribution >= 0.6 is 0 Å². The van der Waals surface area contributed by atoms with E-state index in [-0.39, 0.29) is 37.4 Å². The minimum atomic E-state index is -0.445. The van der Waals surface area contributed by atoms with Crippen molar-refractivity contribution in [2.45, 2.75) is 6.42 Å². The second-order valence-corrected chi connectivity index (χ2v) is 4.95. The van der Waals surface area contributed by atoms with Crippen LogP contribution in [-0.2, 0) is 19.1 Å². The highest BCUT2D eigenvalue weighted by atomic mass is 16.5. The fraction of sp³-hybridized carbons (Fsp3) is 0.357. The van der Waals surface area contributed by atoms with Gasteiger partial charge >= 0.3 is 5.97 Å². The maximum absolute atomic E-state index is 12.0. The van der Waals surface area contributed by atoms with Crippen LogP contribution in [0.3, 0.4) is 0 Å². The first-order valence-corrected chi connectivity index (χ1v) is 6.53. The number of hydrogen-bond donors (Lipinski definition) is 1. The van der Waals surface area contributed by atoms with E-state index >= 15 is 0 Å². The highest BCUT2D eigenvalue weighted by Gasteiger charge is 2.36. The summed E-state index contributed by atoms with van der Waals surface area (Å²) in [7, 11) is 1.31. The topological polar surface area (TPSA) is 84.9 Å². The summed E-state index contributed by atoms with van der Waals surface area (Å²) in [5.74, 6) is -0.656. The van der Waals surface area contributed by atoms with Crippen LogP contribution < -0.4 is 15.0 Å². The van der Waals surface area contributed by atoms with E-state index in [9.17, 15) is 14.4 Å². The highest BCUT2D eigenvalue weighted by molar-refractivity contribution is 6.01. The number of carbonyl (C=O) groups excluding carboxylic acids is 3. The minimum absolute atomic E-state index is 0.0464. The van der Waals surface area contributed by atoms with Crippen molar-refractivity contribution in [2.75, 3.05) is 30.5 Å². The van der Waals surface area contributed by atoms with Crippen molar-refractivity contribution in [2.24, 2.45) is 5.92 Å². The molecule has 2 aliphatic heterocycles. The monoisotopic (exact) mass is 290 g/mol. The quantitative estimate of drug-likeness (QED) is 0.804. The van der Waals surface area contributed by atoms with E-state index in [0.29, 0.717) is 17.1 Å². The number of anilines is 2. The molecule has 3 rings (SSSR count). The number of benzene rings is 1. The normalized spacial score (nSPS) is 20.6. The Morgan fingerprint density at radius 2 is 2.24 bits per heavy atom. The molecule has 0 saturated carbocycles. The van der Waals surface area contributed by atoms with E-state index < -0.39 is 5.92 Å². The lowest BCUT2D eigenvalue weighted by molar-refractivity contribution is -0.145. The number of rotatable bonds is 2. The Labute approximate surface area is 120 Å². The second kappa shape index (κ2) is 5.08. The minimum Gasteiger partial charge on any atom is -0.482 e. The van der Waals surface area contributed by atoms with Gasteiger partial charge in [0.1, 0.15) is 5.75 Å². The molecule has 7 heteroatoms. The zero-order valence-electron chi connectivity index (χ0n) is 11.4. The molecule has 0 spiro atoms. The van der Waals surface area contributed by atoms with Gasteiger partial charge < -0.3 is 19.7 Å². The molecule has 1 N–H and O–H groups in total. The van der Waals surface area contributed by atoms with E-state index in [0.717, 1.165) is 0 Å². The predicted molar refractivity (Wildman–Crippen MR) is 73.0 cm³/mol. The van der Waals surface area contributed by atoms with Gasteiger partial charge in [0.15, 0.2) is 6.61 Å². The van der Waals surface area contributed by atoms with Crippen LogP contribution in [0.4, 0.5) is 11.4 Å². The van der Waals surface area contributed by atoms with Gasteiger partial charge in [0.05, 0.1) is 18.7 Å². The van der Waals surface area contributed by atoms with E-state index in [2.05, 4.69) is 10.1 Å². The van der Waals surface area contributed by atoms with E-state index in [1.165, 1.54) is 12.0 Å². The summed E-state index contributed by atoms with van der Waals surface area (Å²) in [6.45, 7) is 0.242. The third-order valence-corrected chi connectivity index (χ3v) is 3.57. The van der Waals surface area contributed by atoms with Gasteiger partial charge in [0, 0.05) is 24.7 Å². The Kier molecular flexibility index (Phi) is 3.25. The van der Waals surface area contributed by atoms with Crippen molar-refractivity contribution >= 4 is 29.2 Å². The summed E-state index contributed by atoms with van der Waals surface area (Å²) in [5.41, 5.74) is 1.22. The lowest BCUT2D eigenvalue weighted by atomic mass is 10.1. The maximum Gasteiger partial charge on any atom is 0.311 e. The largest absolute Gasteiger partial charge is 0.482 e. The average molecular weight is 290 g/mol. The number of fused-ring (bicyclic) bond motifs is 1. The number of carbonyl (C=O) groups is 3. The van der Waals surface area contributed by atoms with Gasteiger partial charge in [-0.25, -0.2) is 0 Å². The highest BCUT2D eigenvalue weighted by Crippen LogP contribution is 2.34. The molecule has 0 bridgehead atoms.